The summed E-state index contributed by atoms with van der Waals surface area (Å²) < 4.78 is 0. The maximum Gasteiger partial charge on any atom is 0.266 e. The predicted molar refractivity (Wildman–Crippen MR) is 102 cm³/mol. The van der Waals surface area contributed by atoms with Gasteiger partial charge in [-0.3, -0.25) is 9.59 Å². The van der Waals surface area contributed by atoms with Gasteiger partial charge in [0.2, 0.25) is 0 Å². The Kier molecular flexibility index (Phi) is 4.95. The Bertz CT molecular complexity index is 901. The SMILES string of the molecule is CN(C)C(=O)c1cccc(NC(=O)c2sccc2-c2ccccc2)c1. The van der Waals surface area contributed by atoms with E-state index in [1.54, 1.807) is 38.4 Å². The largest absolute Gasteiger partial charge is 0.345 e. The van der Waals surface area contributed by atoms with Crippen molar-refractivity contribution < 1.29 is 9.59 Å². The Morgan fingerprint density at radius 1 is 0.960 bits per heavy atom. The van der Waals surface area contributed by atoms with Crippen molar-refractivity contribution in [2.45, 2.75) is 0 Å². The van der Waals surface area contributed by atoms with E-state index in [9.17, 15) is 9.59 Å². The van der Waals surface area contributed by atoms with Gasteiger partial charge in [0.15, 0.2) is 0 Å². The van der Waals surface area contributed by atoms with E-state index in [0.29, 0.717) is 16.1 Å². The standard InChI is InChI=1S/C20H18N2O2S/c1-22(2)20(24)15-9-6-10-16(13-15)21-19(23)18-17(11-12-25-18)14-7-4-3-5-8-14/h3-13H,1-2H3,(H,21,23). The second-order valence-electron chi connectivity index (χ2n) is 5.76. The lowest BCUT2D eigenvalue weighted by Crippen LogP contribution is -2.21. The Balaban J connectivity index is 1.84. The molecule has 0 fully saturated rings. The van der Waals surface area contributed by atoms with Crippen molar-refractivity contribution >= 4 is 28.8 Å². The van der Waals surface area contributed by atoms with Gasteiger partial charge >= 0.3 is 0 Å². The second-order valence-corrected chi connectivity index (χ2v) is 6.68. The highest BCUT2D eigenvalue weighted by molar-refractivity contribution is 7.12. The molecule has 0 bridgehead atoms. The molecule has 2 amide bonds. The number of nitrogens with one attached hydrogen (secondary N) is 1. The summed E-state index contributed by atoms with van der Waals surface area (Å²) in [5.74, 6) is -0.277. The number of amides is 2. The van der Waals surface area contributed by atoms with Gasteiger partial charge in [0.05, 0.1) is 4.88 Å². The maximum absolute atomic E-state index is 12.7. The zero-order valence-corrected chi connectivity index (χ0v) is 14.8. The first-order chi connectivity index (χ1) is 12.1. The summed E-state index contributed by atoms with van der Waals surface area (Å²) in [7, 11) is 3.40. The number of rotatable bonds is 4. The fourth-order valence-electron chi connectivity index (χ4n) is 2.51. The Morgan fingerprint density at radius 3 is 2.44 bits per heavy atom. The third-order valence-corrected chi connectivity index (χ3v) is 4.64. The molecule has 3 rings (SSSR count). The van der Waals surface area contributed by atoms with Crippen LogP contribution in [0.5, 0.6) is 0 Å². The number of carbonyl (C=O) groups excluding carboxylic acids is 2. The summed E-state index contributed by atoms with van der Waals surface area (Å²) in [6, 6.07) is 18.7. The van der Waals surface area contributed by atoms with Crippen LogP contribution in [0.1, 0.15) is 20.0 Å². The van der Waals surface area contributed by atoms with Gasteiger partial charge in [-0.05, 0) is 35.2 Å². The van der Waals surface area contributed by atoms with Gasteiger partial charge in [-0.15, -0.1) is 11.3 Å². The first kappa shape index (κ1) is 16.9. The number of hydrogen-bond acceptors (Lipinski definition) is 3. The lowest BCUT2D eigenvalue weighted by atomic mass is 10.1. The van der Waals surface area contributed by atoms with Gasteiger partial charge in [-0.1, -0.05) is 36.4 Å². The van der Waals surface area contributed by atoms with Crippen LogP contribution in [0.3, 0.4) is 0 Å². The molecule has 0 aliphatic rings. The van der Waals surface area contributed by atoms with Crippen LogP contribution in [0.2, 0.25) is 0 Å². The molecule has 4 nitrogen and oxygen atoms in total. The summed E-state index contributed by atoms with van der Waals surface area (Å²) >= 11 is 1.40. The summed E-state index contributed by atoms with van der Waals surface area (Å²) in [5.41, 5.74) is 3.05. The molecule has 0 unspecified atom stereocenters. The smallest absolute Gasteiger partial charge is 0.266 e. The lowest BCUT2D eigenvalue weighted by molar-refractivity contribution is 0.0827. The molecule has 0 radical (unpaired) electrons. The van der Waals surface area contributed by atoms with E-state index in [1.807, 2.05) is 41.8 Å². The molecule has 0 spiro atoms. The summed E-state index contributed by atoms with van der Waals surface area (Å²) in [6.07, 6.45) is 0. The first-order valence-corrected chi connectivity index (χ1v) is 8.70. The molecule has 0 saturated heterocycles. The van der Waals surface area contributed by atoms with E-state index in [2.05, 4.69) is 5.32 Å². The number of thiophene rings is 1. The molecule has 0 saturated carbocycles. The van der Waals surface area contributed by atoms with Crippen LogP contribution in [-0.2, 0) is 0 Å². The number of benzene rings is 2. The highest BCUT2D eigenvalue weighted by Gasteiger charge is 2.15. The topological polar surface area (TPSA) is 49.4 Å². The average Bonchev–Trinajstić information content (AvgIpc) is 3.12. The minimum atomic E-state index is -0.177. The fourth-order valence-corrected chi connectivity index (χ4v) is 3.32. The Morgan fingerprint density at radius 2 is 1.72 bits per heavy atom. The molecule has 0 atom stereocenters. The lowest BCUT2D eigenvalue weighted by Gasteiger charge is -2.12. The van der Waals surface area contributed by atoms with Crippen molar-refractivity contribution in [3.05, 3.63) is 76.5 Å². The third kappa shape index (κ3) is 3.78. The van der Waals surface area contributed by atoms with E-state index >= 15 is 0 Å². The number of carbonyl (C=O) groups is 2. The quantitative estimate of drug-likeness (QED) is 0.759. The molecule has 5 heteroatoms. The predicted octanol–water partition coefficient (Wildman–Crippen LogP) is 4.37. The van der Waals surface area contributed by atoms with Crippen LogP contribution in [0.25, 0.3) is 11.1 Å². The monoisotopic (exact) mass is 350 g/mol. The van der Waals surface area contributed by atoms with Crippen molar-refractivity contribution in [3.8, 4) is 11.1 Å². The maximum atomic E-state index is 12.7. The molecule has 3 aromatic rings. The van der Waals surface area contributed by atoms with E-state index < -0.39 is 0 Å². The number of anilines is 1. The van der Waals surface area contributed by atoms with E-state index in [1.165, 1.54) is 16.2 Å². The van der Waals surface area contributed by atoms with Crippen LogP contribution >= 0.6 is 11.3 Å². The number of nitrogens with zero attached hydrogens (tertiary/aromatic N) is 1. The summed E-state index contributed by atoms with van der Waals surface area (Å²) in [5, 5.41) is 4.80. The second kappa shape index (κ2) is 7.32. The molecule has 126 valence electrons. The Labute approximate surface area is 150 Å². The van der Waals surface area contributed by atoms with Crippen molar-refractivity contribution in [2.75, 3.05) is 19.4 Å². The zero-order valence-electron chi connectivity index (χ0n) is 14.0. The van der Waals surface area contributed by atoms with E-state index in [-0.39, 0.29) is 11.8 Å². The fraction of sp³-hybridized carbons (Fsp3) is 0.100. The summed E-state index contributed by atoms with van der Waals surface area (Å²) in [6.45, 7) is 0. The van der Waals surface area contributed by atoms with Crippen molar-refractivity contribution in [2.24, 2.45) is 0 Å². The normalized spacial score (nSPS) is 10.3. The van der Waals surface area contributed by atoms with Gasteiger partial charge in [-0.25, -0.2) is 0 Å². The average molecular weight is 350 g/mol. The Hall–Kier alpha value is -2.92. The molecule has 1 aromatic heterocycles. The van der Waals surface area contributed by atoms with Crippen LogP contribution in [0, 0.1) is 0 Å². The van der Waals surface area contributed by atoms with Gasteiger partial charge in [0, 0.05) is 30.9 Å². The molecule has 2 aromatic carbocycles. The van der Waals surface area contributed by atoms with Crippen molar-refractivity contribution in [3.63, 3.8) is 0 Å². The third-order valence-electron chi connectivity index (χ3n) is 3.73. The molecular weight excluding hydrogens is 332 g/mol. The van der Waals surface area contributed by atoms with E-state index in [0.717, 1.165) is 11.1 Å². The summed E-state index contributed by atoms with van der Waals surface area (Å²) in [4.78, 5) is 26.9. The molecule has 0 aliphatic carbocycles. The molecule has 1 heterocycles. The number of hydrogen-bond donors (Lipinski definition) is 1. The molecule has 25 heavy (non-hydrogen) atoms. The minimum absolute atomic E-state index is 0.0998. The van der Waals surface area contributed by atoms with Gasteiger partial charge < -0.3 is 10.2 Å². The first-order valence-electron chi connectivity index (χ1n) is 7.82. The molecule has 1 N–H and O–H groups in total. The molecule has 0 aliphatic heterocycles. The van der Waals surface area contributed by atoms with Crippen LogP contribution in [0.4, 0.5) is 5.69 Å². The van der Waals surface area contributed by atoms with Gasteiger partial charge in [-0.2, -0.15) is 0 Å². The highest BCUT2D eigenvalue weighted by Crippen LogP contribution is 2.29. The van der Waals surface area contributed by atoms with Crippen LogP contribution in [-0.4, -0.2) is 30.8 Å². The minimum Gasteiger partial charge on any atom is -0.345 e. The van der Waals surface area contributed by atoms with Crippen LogP contribution in [0.15, 0.2) is 66.0 Å². The van der Waals surface area contributed by atoms with Gasteiger partial charge in [0.1, 0.15) is 0 Å². The highest BCUT2D eigenvalue weighted by atomic mass is 32.1. The zero-order chi connectivity index (χ0) is 17.8. The molecular formula is C20H18N2O2S. The van der Waals surface area contributed by atoms with Crippen LogP contribution < -0.4 is 5.32 Å². The van der Waals surface area contributed by atoms with E-state index in [4.69, 9.17) is 0 Å². The van der Waals surface area contributed by atoms with Crippen molar-refractivity contribution in [1.82, 2.24) is 4.90 Å². The van der Waals surface area contributed by atoms with Gasteiger partial charge in [0.25, 0.3) is 11.8 Å². The van der Waals surface area contributed by atoms with Crippen molar-refractivity contribution in [1.29, 1.82) is 0 Å².